The number of carbonyl (C=O) groups excluding carboxylic acids is 1. The summed E-state index contributed by atoms with van der Waals surface area (Å²) in [6, 6.07) is 0.976. The average molecular weight is 343 g/mol. The van der Waals surface area contributed by atoms with Crippen molar-refractivity contribution in [3.63, 3.8) is 0 Å². The minimum absolute atomic E-state index is 0.0831. The van der Waals surface area contributed by atoms with Crippen molar-refractivity contribution < 1.29 is 18.0 Å². The van der Waals surface area contributed by atoms with E-state index in [4.69, 9.17) is 0 Å². The van der Waals surface area contributed by atoms with Crippen LogP contribution in [0.1, 0.15) is 29.6 Å². The summed E-state index contributed by atoms with van der Waals surface area (Å²) in [5.74, 6) is -0.761. The Bertz CT molecular complexity index is 732. The third-order valence-electron chi connectivity index (χ3n) is 3.73. The number of nitrogens with one attached hydrogen (secondary N) is 1. The molecule has 2 rings (SSSR count). The average Bonchev–Trinajstić information content (AvgIpc) is 2.98. The van der Waals surface area contributed by atoms with Crippen LogP contribution in [0.5, 0.6) is 0 Å². The summed E-state index contributed by atoms with van der Waals surface area (Å²) in [4.78, 5) is 12.2. The van der Waals surface area contributed by atoms with Crippen LogP contribution in [0, 0.1) is 19.8 Å². The minimum atomic E-state index is -4.49. The van der Waals surface area contributed by atoms with Crippen molar-refractivity contribution in [1.29, 1.82) is 0 Å². The summed E-state index contributed by atoms with van der Waals surface area (Å²) in [7, 11) is 1.79. The molecule has 0 saturated carbocycles. The van der Waals surface area contributed by atoms with Crippen molar-refractivity contribution in [2.24, 2.45) is 13.0 Å². The Labute approximate surface area is 137 Å². The maximum absolute atomic E-state index is 12.7. The third-order valence-corrected chi connectivity index (χ3v) is 3.73. The van der Waals surface area contributed by atoms with Gasteiger partial charge in [-0.25, -0.2) is 0 Å². The molecule has 1 N–H and O–H groups in total. The molecule has 2 heterocycles. The highest BCUT2D eigenvalue weighted by Crippen LogP contribution is 2.28. The molecule has 0 aliphatic carbocycles. The van der Waals surface area contributed by atoms with Crippen LogP contribution in [-0.4, -0.2) is 25.5 Å². The van der Waals surface area contributed by atoms with Gasteiger partial charge < -0.3 is 5.32 Å². The van der Waals surface area contributed by atoms with E-state index in [1.54, 1.807) is 18.7 Å². The van der Waals surface area contributed by atoms with Gasteiger partial charge in [0.1, 0.15) is 0 Å². The molecule has 0 bridgehead atoms. The quantitative estimate of drug-likeness (QED) is 0.905. The van der Waals surface area contributed by atoms with Crippen molar-refractivity contribution in [2.75, 3.05) is 0 Å². The fourth-order valence-corrected chi connectivity index (χ4v) is 2.35. The molecule has 0 spiro atoms. The summed E-state index contributed by atoms with van der Waals surface area (Å²) in [6.07, 6.45) is -2.67. The monoisotopic (exact) mass is 343 g/mol. The second-order valence-corrected chi connectivity index (χ2v) is 5.88. The van der Waals surface area contributed by atoms with E-state index in [-0.39, 0.29) is 12.5 Å². The van der Waals surface area contributed by atoms with Crippen LogP contribution in [0.2, 0.25) is 0 Å². The van der Waals surface area contributed by atoms with E-state index in [9.17, 15) is 18.0 Å². The Morgan fingerprint density at radius 1 is 1.33 bits per heavy atom. The van der Waals surface area contributed by atoms with Crippen molar-refractivity contribution in [3.8, 4) is 0 Å². The fourth-order valence-electron chi connectivity index (χ4n) is 2.35. The van der Waals surface area contributed by atoms with Gasteiger partial charge in [-0.15, -0.1) is 0 Å². The predicted octanol–water partition coefficient (Wildman–Crippen LogP) is 2.20. The highest BCUT2D eigenvalue weighted by atomic mass is 19.4. The zero-order valence-corrected chi connectivity index (χ0v) is 14.0. The molecule has 0 aromatic carbocycles. The molecule has 9 heteroatoms. The van der Waals surface area contributed by atoms with Gasteiger partial charge in [-0.05, 0) is 19.9 Å². The van der Waals surface area contributed by atoms with Crippen LogP contribution < -0.4 is 5.32 Å². The largest absolute Gasteiger partial charge is 0.435 e. The maximum atomic E-state index is 12.7. The van der Waals surface area contributed by atoms with Crippen LogP contribution in [0.3, 0.4) is 0 Å². The lowest BCUT2D eigenvalue weighted by atomic mass is 10.1. The number of rotatable bonds is 5. The van der Waals surface area contributed by atoms with Gasteiger partial charge in [0.25, 0.3) is 0 Å². The lowest BCUT2D eigenvalue weighted by Gasteiger charge is -2.13. The van der Waals surface area contributed by atoms with Gasteiger partial charge in [-0.1, -0.05) is 6.92 Å². The lowest BCUT2D eigenvalue weighted by molar-refractivity contribution is -0.141. The number of aromatic nitrogens is 4. The van der Waals surface area contributed by atoms with E-state index in [1.807, 2.05) is 13.1 Å². The molecule has 1 atom stereocenters. The molecule has 0 saturated heterocycles. The zero-order valence-electron chi connectivity index (χ0n) is 14.0. The molecular weight excluding hydrogens is 323 g/mol. The highest BCUT2D eigenvalue weighted by Gasteiger charge is 2.34. The molecule has 0 radical (unpaired) electrons. The first-order valence-corrected chi connectivity index (χ1v) is 7.46. The summed E-state index contributed by atoms with van der Waals surface area (Å²) < 4.78 is 40.9. The van der Waals surface area contributed by atoms with E-state index in [0.717, 1.165) is 17.3 Å². The van der Waals surface area contributed by atoms with E-state index in [0.29, 0.717) is 12.2 Å². The Balaban J connectivity index is 1.96. The van der Waals surface area contributed by atoms with Crippen LogP contribution in [0.4, 0.5) is 13.2 Å². The Kier molecular flexibility index (Phi) is 5.00. The number of alkyl halides is 3. The van der Waals surface area contributed by atoms with Gasteiger partial charge >= 0.3 is 6.18 Å². The lowest BCUT2D eigenvalue weighted by Crippen LogP contribution is -2.31. The van der Waals surface area contributed by atoms with Gasteiger partial charge in [0.15, 0.2) is 5.69 Å². The Hall–Kier alpha value is -2.32. The summed E-state index contributed by atoms with van der Waals surface area (Å²) >= 11 is 0. The van der Waals surface area contributed by atoms with E-state index in [1.165, 1.54) is 11.6 Å². The number of amides is 1. The number of halogens is 3. The number of aryl methyl sites for hydroxylation is 3. The predicted molar refractivity (Wildman–Crippen MR) is 80.9 cm³/mol. The van der Waals surface area contributed by atoms with Gasteiger partial charge in [0.2, 0.25) is 5.91 Å². The van der Waals surface area contributed by atoms with E-state index < -0.39 is 17.8 Å². The summed E-state index contributed by atoms with van der Waals surface area (Å²) in [5.41, 5.74) is 1.14. The smallest absolute Gasteiger partial charge is 0.352 e. The fraction of sp³-hybridized carbons (Fsp3) is 0.533. The van der Waals surface area contributed by atoms with E-state index >= 15 is 0 Å². The number of hydrogen-bond acceptors (Lipinski definition) is 3. The van der Waals surface area contributed by atoms with Crippen molar-refractivity contribution in [2.45, 2.75) is 40.0 Å². The van der Waals surface area contributed by atoms with Crippen molar-refractivity contribution in [1.82, 2.24) is 24.9 Å². The normalized spacial score (nSPS) is 13.1. The molecule has 1 unspecified atom stereocenters. The first kappa shape index (κ1) is 18.0. The molecule has 1 amide bonds. The molecule has 132 valence electrons. The SMILES string of the molecule is Cc1nn(C)cc1CNC(=O)C(C)Cn1nc(C(F)(F)F)cc1C. The standard InChI is InChI=1S/C15H20F3N5O/c1-9(7-23-10(2)5-13(21-23)15(16,17)18)14(24)19-6-12-8-22(4)20-11(12)3/h5,8-9H,6-7H2,1-4H3,(H,19,24). The van der Waals surface area contributed by atoms with Crippen LogP contribution in [-0.2, 0) is 31.1 Å². The number of hydrogen-bond donors (Lipinski definition) is 1. The molecule has 0 aliphatic heterocycles. The molecule has 0 fully saturated rings. The topological polar surface area (TPSA) is 64.7 Å². The summed E-state index contributed by atoms with van der Waals surface area (Å²) in [6.45, 7) is 5.44. The van der Waals surface area contributed by atoms with E-state index in [2.05, 4.69) is 15.5 Å². The summed E-state index contributed by atoms with van der Waals surface area (Å²) in [5, 5.41) is 10.5. The molecule has 2 aromatic heterocycles. The third kappa shape index (κ3) is 4.15. The maximum Gasteiger partial charge on any atom is 0.435 e. The second-order valence-electron chi connectivity index (χ2n) is 5.88. The molecule has 2 aromatic rings. The molecular formula is C15H20F3N5O. The Morgan fingerprint density at radius 2 is 2.00 bits per heavy atom. The second kappa shape index (κ2) is 6.66. The first-order chi connectivity index (χ1) is 11.1. The van der Waals surface area contributed by atoms with Gasteiger partial charge in [-0.2, -0.15) is 23.4 Å². The zero-order chi connectivity index (χ0) is 18.1. The minimum Gasteiger partial charge on any atom is -0.352 e. The molecule has 24 heavy (non-hydrogen) atoms. The van der Waals surface area contributed by atoms with Gasteiger partial charge in [0.05, 0.1) is 18.2 Å². The number of nitrogens with zero attached hydrogens (tertiary/aromatic N) is 4. The number of carbonyl (C=O) groups is 1. The molecule has 6 nitrogen and oxygen atoms in total. The first-order valence-electron chi connectivity index (χ1n) is 7.46. The van der Waals surface area contributed by atoms with Crippen molar-refractivity contribution in [3.05, 3.63) is 34.9 Å². The van der Waals surface area contributed by atoms with Gasteiger partial charge in [0, 0.05) is 31.0 Å². The van der Waals surface area contributed by atoms with Gasteiger partial charge in [-0.3, -0.25) is 14.2 Å². The molecule has 0 aliphatic rings. The Morgan fingerprint density at radius 3 is 2.50 bits per heavy atom. The van der Waals surface area contributed by atoms with Crippen LogP contribution in [0.25, 0.3) is 0 Å². The van der Waals surface area contributed by atoms with Crippen LogP contribution in [0.15, 0.2) is 12.3 Å². The van der Waals surface area contributed by atoms with Crippen molar-refractivity contribution >= 4 is 5.91 Å². The highest BCUT2D eigenvalue weighted by molar-refractivity contribution is 5.78. The van der Waals surface area contributed by atoms with Crippen LogP contribution >= 0.6 is 0 Å².